The molecule has 1 heterocycles. The molecule has 0 spiro atoms. The average molecular weight is 403 g/mol. The Balaban J connectivity index is 1.97. The van der Waals surface area contributed by atoms with Crippen LogP contribution in [0, 0.1) is 0 Å². The zero-order valence-electron chi connectivity index (χ0n) is 10.00. The first kappa shape index (κ1) is 13.5. The molecule has 0 radical (unpaired) electrons. The lowest BCUT2D eigenvalue weighted by molar-refractivity contribution is 0.357. The van der Waals surface area contributed by atoms with Crippen molar-refractivity contribution in [1.29, 1.82) is 0 Å². The number of alkyl halides is 1. The van der Waals surface area contributed by atoms with Crippen LogP contribution in [0.15, 0.2) is 45.3 Å². The molecule has 0 aliphatic carbocycles. The Labute approximate surface area is 134 Å². The second-order valence-corrected chi connectivity index (χ2v) is 6.80. The molecular formula is C15H11Br2ClO. The predicted octanol–water partition coefficient (Wildman–Crippen LogP) is 5.47. The summed E-state index contributed by atoms with van der Waals surface area (Å²) in [4.78, 5) is 0. The standard InChI is InChI=1S/C15H11Br2ClO/c16-12-6-11(7-13(17)8-12)15(18)10-1-2-14-9(5-10)3-4-19-14/h1-2,5-8,15H,3-4H2. The molecule has 0 bridgehead atoms. The van der Waals surface area contributed by atoms with Gasteiger partial charge in [-0.15, -0.1) is 11.6 Å². The van der Waals surface area contributed by atoms with Crippen molar-refractivity contribution in [2.24, 2.45) is 0 Å². The summed E-state index contributed by atoms with van der Waals surface area (Å²) in [5.74, 6) is 0.989. The first-order valence-electron chi connectivity index (χ1n) is 5.99. The highest BCUT2D eigenvalue weighted by Crippen LogP contribution is 2.35. The van der Waals surface area contributed by atoms with Gasteiger partial charge < -0.3 is 4.74 Å². The Bertz CT molecular complexity index is 607. The van der Waals surface area contributed by atoms with E-state index in [0.717, 1.165) is 38.8 Å². The summed E-state index contributed by atoms with van der Waals surface area (Å²) in [5, 5.41) is -0.153. The van der Waals surface area contributed by atoms with Crippen molar-refractivity contribution >= 4 is 43.5 Å². The van der Waals surface area contributed by atoms with Gasteiger partial charge >= 0.3 is 0 Å². The Morgan fingerprint density at radius 3 is 2.47 bits per heavy atom. The molecule has 1 atom stereocenters. The molecule has 0 fully saturated rings. The van der Waals surface area contributed by atoms with Gasteiger partial charge in [0.05, 0.1) is 12.0 Å². The summed E-state index contributed by atoms with van der Waals surface area (Å²) in [6, 6.07) is 12.3. The number of benzene rings is 2. The zero-order chi connectivity index (χ0) is 13.4. The van der Waals surface area contributed by atoms with Crippen LogP contribution >= 0.6 is 43.5 Å². The second-order valence-electron chi connectivity index (χ2n) is 4.53. The first-order valence-corrected chi connectivity index (χ1v) is 8.01. The molecule has 98 valence electrons. The minimum absolute atomic E-state index is 0.153. The van der Waals surface area contributed by atoms with Gasteiger partial charge in [0.2, 0.25) is 0 Å². The first-order chi connectivity index (χ1) is 9.13. The second kappa shape index (κ2) is 5.47. The van der Waals surface area contributed by atoms with Crippen LogP contribution in [-0.4, -0.2) is 6.61 Å². The molecule has 1 nitrogen and oxygen atoms in total. The third-order valence-corrected chi connectivity index (χ3v) is 4.60. The van der Waals surface area contributed by atoms with Gasteiger partial charge in [0, 0.05) is 15.4 Å². The predicted molar refractivity (Wildman–Crippen MR) is 85.2 cm³/mol. The van der Waals surface area contributed by atoms with Crippen molar-refractivity contribution in [2.45, 2.75) is 11.8 Å². The quantitative estimate of drug-likeness (QED) is 0.605. The summed E-state index contributed by atoms with van der Waals surface area (Å²) >= 11 is 13.6. The van der Waals surface area contributed by atoms with Crippen LogP contribution in [0.1, 0.15) is 22.1 Å². The molecule has 1 unspecified atom stereocenters. The summed E-state index contributed by atoms with van der Waals surface area (Å²) in [7, 11) is 0. The summed E-state index contributed by atoms with van der Waals surface area (Å²) in [6.07, 6.45) is 0.967. The Morgan fingerprint density at radius 2 is 1.74 bits per heavy atom. The number of ether oxygens (including phenoxy) is 1. The highest BCUT2D eigenvalue weighted by atomic mass is 79.9. The smallest absolute Gasteiger partial charge is 0.122 e. The average Bonchev–Trinajstić information content (AvgIpc) is 2.83. The van der Waals surface area contributed by atoms with Gasteiger partial charge in [-0.2, -0.15) is 0 Å². The molecule has 4 heteroatoms. The van der Waals surface area contributed by atoms with Crippen LogP contribution in [0.4, 0.5) is 0 Å². The third-order valence-electron chi connectivity index (χ3n) is 3.18. The highest BCUT2D eigenvalue weighted by Gasteiger charge is 2.17. The van der Waals surface area contributed by atoms with Gasteiger partial charge in [0.15, 0.2) is 0 Å². The zero-order valence-corrected chi connectivity index (χ0v) is 13.9. The largest absolute Gasteiger partial charge is 0.493 e. The minimum Gasteiger partial charge on any atom is -0.493 e. The fourth-order valence-corrected chi connectivity index (χ4v) is 3.87. The van der Waals surface area contributed by atoms with Crippen molar-refractivity contribution in [1.82, 2.24) is 0 Å². The number of hydrogen-bond acceptors (Lipinski definition) is 1. The lowest BCUT2D eigenvalue weighted by Gasteiger charge is -2.12. The number of fused-ring (bicyclic) bond motifs is 1. The van der Waals surface area contributed by atoms with Crippen molar-refractivity contribution in [3.63, 3.8) is 0 Å². The Kier molecular flexibility index (Phi) is 3.88. The van der Waals surface area contributed by atoms with E-state index in [2.05, 4.69) is 37.9 Å². The van der Waals surface area contributed by atoms with Crippen LogP contribution < -0.4 is 4.74 Å². The van der Waals surface area contributed by atoms with E-state index in [1.54, 1.807) is 0 Å². The maximum atomic E-state index is 6.59. The molecule has 1 aliphatic heterocycles. The van der Waals surface area contributed by atoms with Gasteiger partial charge in [0.1, 0.15) is 5.75 Å². The molecule has 0 aromatic heterocycles. The number of halogens is 3. The molecule has 0 N–H and O–H groups in total. The van der Waals surface area contributed by atoms with Crippen molar-refractivity contribution < 1.29 is 4.74 Å². The molecule has 0 saturated carbocycles. The fraction of sp³-hybridized carbons (Fsp3) is 0.200. The van der Waals surface area contributed by atoms with Crippen molar-refractivity contribution in [2.75, 3.05) is 6.61 Å². The fourth-order valence-electron chi connectivity index (χ4n) is 2.28. The Morgan fingerprint density at radius 1 is 1.00 bits per heavy atom. The van der Waals surface area contributed by atoms with E-state index in [9.17, 15) is 0 Å². The Hall–Kier alpha value is -0.510. The van der Waals surface area contributed by atoms with Gasteiger partial charge in [-0.1, -0.05) is 44.0 Å². The van der Waals surface area contributed by atoms with Crippen LogP contribution in [0.25, 0.3) is 0 Å². The normalized spacial score (nSPS) is 14.9. The number of hydrogen-bond donors (Lipinski definition) is 0. The van der Waals surface area contributed by atoms with Crippen LogP contribution in [0.5, 0.6) is 5.75 Å². The van der Waals surface area contributed by atoms with E-state index in [1.807, 2.05) is 30.3 Å². The van der Waals surface area contributed by atoms with Crippen molar-refractivity contribution in [3.8, 4) is 5.75 Å². The third kappa shape index (κ3) is 2.83. The topological polar surface area (TPSA) is 9.23 Å². The molecule has 1 aliphatic rings. The SMILES string of the molecule is ClC(c1cc(Br)cc(Br)c1)c1ccc2c(c1)CCO2. The lowest BCUT2D eigenvalue weighted by atomic mass is 10.0. The van der Waals surface area contributed by atoms with Gasteiger partial charge in [-0.3, -0.25) is 0 Å². The van der Waals surface area contributed by atoms with E-state index >= 15 is 0 Å². The molecule has 2 aromatic rings. The number of rotatable bonds is 2. The van der Waals surface area contributed by atoms with E-state index in [0.29, 0.717) is 0 Å². The molecule has 0 amide bonds. The van der Waals surface area contributed by atoms with E-state index in [-0.39, 0.29) is 5.38 Å². The summed E-state index contributed by atoms with van der Waals surface area (Å²) in [6.45, 7) is 0.772. The van der Waals surface area contributed by atoms with Crippen LogP contribution in [0.3, 0.4) is 0 Å². The van der Waals surface area contributed by atoms with Gasteiger partial charge in [-0.25, -0.2) is 0 Å². The van der Waals surface area contributed by atoms with E-state index < -0.39 is 0 Å². The molecule has 0 saturated heterocycles. The van der Waals surface area contributed by atoms with Crippen LogP contribution in [0.2, 0.25) is 0 Å². The van der Waals surface area contributed by atoms with E-state index in [1.165, 1.54) is 5.56 Å². The molecule has 3 rings (SSSR count). The van der Waals surface area contributed by atoms with Gasteiger partial charge in [-0.05, 0) is 41.0 Å². The van der Waals surface area contributed by atoms with Gasteiger partial charge in [0.25, 0.3) is 0 Å². The van der Waals surface area contributed by atoms with E-state index in [4.69, 9.17) is 16.3 Å². The van der Waals surface area contributed by atoms with Crippen molar-refractivity contribution in [3.05, 3.63) is 62.0 Å². The molecular weight excluding hydrogens is 391 g/mol. The summed E-state index contributed by atoms with van der Waals surface area (Å²) < 4.78 is 7.56. The van der Waals surface area contributed by atoms with Crippen LogP contribution in [-0.2, 0) is 6.42 Å². The molecule has 19 heavy (non-hydrogen) atoms. The minimum atomic E-state index is -0.153. The maximum Gasteiger partial charge on any atom is 0.122 e. The highest BCUT2D eigenvalue weighted by molar-refractivity contribution is 9.11. The summed E-state index contributed by atoms with van der Waals surface area (Å²) in [5.41, 5.74) is 3.43. The molecule has 2 aromatic carbocycles. The monoisotopic (exact) mass is 400 g/mol. The maximum absolute atomic E-state index is 6.59. The lowest BCUT2D eigenvalue weighted by Crippen LogP contribution is -1.94.